The molecule has 0 bridgehead atoms. The van der Waals surface area contributed by atoms with Gasteiger partial charge in [-0.15, -0.1) is 0 Å². The Labute approximate surface area is 205 Å². The fraction of sp³-hybridized carbons (Fsp3) is 0.538. The molecule has 3 aliphatic rings. The zero-order valence-corrected chi connectivity index (χ0v) is 20.6. The molecule has 5 heterocycles. The highest BCUT2D eigenvalue weighted by atomic mass is 16.2. The van der Waals surface area contributed by atoms with Crippen LogP contribution < -0.4 is 15.5 Å². The molecule has 1 aliphatic carbocycles. The van der Waals surface area contributed by atoms with Gasteiger partial charge in [0.1, 0.15) is 17.2 Å². The first-order chi connectivity index (χ1) is 17.1. The molecule has 2 N–H and O–H groups in total. The van der Waals surface area contributed by atoms with Crippen molar-refractivity contribution in [1.82, 2.24) is 29.7 Å². The minimum atomic E-state index is -0.0746. The van der Waals surface area contributed by atoms with E-state index in [0.29, 0.717) is 30.0 Å². The van der Waals surface area contributed by atoms with Gasteiger partial charge in [-0.2, -0.15) is 4.98 Å². The highest BCUT2D eigenvalue weighted by Crippen LogP contribution is 2.41. The first-order valence-corrected chi connectivity index (χ1v) is 13.0. The summed E-state index contributed by atoms with van der Waals surface area (Å²) in [5, 5.41) is 7.26. The predicted molar refractivity (Wildman–Crippen MR) is 137 cm³/mol. The normalized spacial score (nSPS) is 21.9. The summed E-state index contributed by atoms with van der Waals surface area (Å²) in [7, 11) is 0. The summed E-state index contributed by atoms with van der Waals surface area (Å²) in [6.07, 6.45) is 9.40. The summed E-state index contributed by atoms with van der Waals surface area (Å²) in [4.78, 5) is 31.6. The highest BCUT2D eigenvalue weighted by molar-refractivity contribution is 5.99. The first kappa shape index (κ1) is 22.3. The quantitative estimate of drug-likeness (QED) is 0.585. The van der Waals surface area contributed by atoms with Crippen molar-refractivity contribution in [1.29, 1.82) is 0 Å². The minimum absolute atomic E-state index is 0.0304. The molecule has 9 nitrogen and oxygen atoms in total. The van der Waals surface area contributed by atoms with Crippen molar-refractivity contribution in [2.75, 3.05) is 42.9 Å². The van der Waals surface area contributed by atoms with E-state index in [9.17, 15) is 4.79 Å². The van der Waals surface area contributed by atoms with Crippen LogP contribution in [0.5, 0.6) is 0 Å². The lowest BCUT2D eigenvalue weighted by molar-refractivity contribution is 0.0876. The molecule has 1 saturated carbocycles. The van der Waals surface area contributed by atoms with Gasteiger partial charge in [0.2, 0.25) is 5.95 Å². The molecule has 1 amide bonds. The Bertz CT molecular complexity index is 1230. The molecule has 9 heteroatoms. The molecular formula is C26H34N8O. The summed E-state index contributed by atoms with van der Waals surface area (Å²) in [6.45, 7) is 9.50. The maximum atomic E-state index is 12.6. The second-order valence-electron chi connectivity index (χ2n) is 10.3. The smallest absolute Gasteiger partial charge is 0.268 e. The van der Waals surface area contributed by atoms with Gasteiger partial charge < -0.3 is 20.1 Å². The molecule has 6 rings (SSSR count). The van der Waals surface area contributed by atoms with E-state index in [-0.39, 0.29) is 11.4 Å². The number of hydrogen-bond acceptors (Lipinski definition) is 7. The Kier molecular flexibility index (Phi) is 5.59. The van der Waals surface area contributed by atoms with Crippen molar-refractivity contribution in [3.8, 4) is 0 Å². The van der Waals surface area contributed by atoms with Crippen LogP contribution in [-0.4, -0.2) is 69.1 Å². The molecule has 3 aromatic heterocycles. The molecule has 0 aromatic carbocycles. The number of nitrogens with zero attached hydrogens (tertiary/aromatic N) is 6. The molecule has 2 fully saturated rings. The van der Waals surface area contributed by atoms with Crippen LogP contribution in [0.4, 0.5) is 17.5 Å². The van der Waals surface area contributed by atoms with Gasteiger partial charge in [0, 0.05) is 43.8 Å². The first-order valence-electron chi connectivity index (χ1n) is 13.0. The van der Waals surface area contributed by atoms with Gasteiger partial charge in [-0.05, 0) is 50.9 Å². The number of anilines is 3. The lowest BCUT2D eigenvalue weighted by Crippen LogP contribution is -2.52. The number of pyridine rings is 1. The van der Waals surface area contributed by atoms with E-state index in [2.05, 4.69) is 54.9 Å². The molecule has 1 atom stereocenters. The topological polar surface area (TPSA) is 91.2 Å². The monoisotopic (exact) mass is 474 g/mol. The zero-order valence-electron chi connectivity index (χ0n) is 20.6. The van der Waals surface area contributed by atoms with E-state index in [4.69, 9.17) is 4.98 Å². The maximum absolute atomic E-state index is 12.6. The number of fused-ring (bicyclic) bond motifs is 4. The van der Waals surface area contributed by atoms with Crippen molar-refractivity contribution in [3.63, 3.8) is 0 Å². The van der Waals surface area contributed by atoms with Crippen LogP contribution in [0.2, 0.25) is 0 Å². The number of carbonyl (C=O) groups excluding carboxylic acids is 1. The van der Waals surface area contributed by atoms with Crippen LogP contribution in [-0.2, 0) is 5.54 Å². The molecule has 1 saturated heterocycles. The third-order valence-electron chi connectivity index (χ3n) is 7.99. The Morgan fingerprint density at radius 2 is 2.03 bits per heavy atom. The summed E-state index contributed by atoms with van der Waals surface area (Å²) >= 11 is 0. The largest absolute Gasteiger partial charge is 0.367 e. The summed E-state index contributed by atoms with van der Waals surface area (Å²) < 4.78 is 2.18. The molecule has 0 radical (unpaired) electrons. The van der Waals surface area contributed by atoms with Gasteiger partial charge in [0.25, 0.3) is 5.91 Å². The van der Waals surface area contributed by atoms with Gasteiger partial charge in [-0.1, -0.05) is 19.8 Å². The Morgan fingerprint density at radius 1 is 1.17 bits per heavy atom. The second kappa shape index (κ2) is 8.78. The third-order valence-corrected chi connectivity index (χ3v) is 7.99. The second-order valence-corrected chi connectivity index (χ2v) is 10.3. The Morgan fingerprint density at radius 3 is 2.77 bits per heavy atom. The fourth-order valence-electron chi connectivity index (χ4n) is 6.16. The van der Waals surface area contributed by atoms with Crippen LogP contribution >= 0.6 is 0 Å². The van der Waals surface area contributed by atoms with Crippen molar-refractivity contribution in [2.24, 2.45) is 0 Å². The number of hydrogen-bond donors (Lipinski definition) is 2. The van der Waals surface area contributed by atoms with Gasteiger partial charge >= 0.3 is 0 Å². The van der Waals surface area contributed by atoms with Gasteiger partial charge in [0.05, 0.1) is 17.4 Å². The Hall–Kier alpha value is -3.20. The Balaban J connectivity index is 1.22. The van der Waals surface area contributed by atoms with E-state index in [0.717, 1.165) is 55.7 Å². The molecule has 1 spiro atoms. The van der Waals surface area contributed by atoms with Gasteiger partial charge in [0.15, 0.2) is 0 Å². The number of carbonyl (C=O) groups is 1. The third kappa shape index (κ3) is 3.91. The van der Waals surface area contributed by atoms with E-state index in [1.165, 1.54) is 19.3 Å². The van der Waals surface area contributed by atoms with Gasteiger partial charge in [-0.3, -0.25) is 9.69 Å². The maximum Gasteiger partial charge on any atom is 0.268 e. The molecule has 0 unspecified atom stereocenters. The average Bonchev–Trinajstić information content (AvgIpc) is 3.49. The van der Waals surface area contributed by atoms with E-state index >= 15 is 0 Å². The molecule has 35 heavy (non-hydrogen) atoms. The number of nitrogens with one attached hydrogen (secondary N) is 2. The highest BCUT2D eigenvalue weighted by Gasteiger charge is 2.42. The fourth-order valence-corrected chi connectivity index (χ4v) is 6.16. The number of rotatable bonds is 5. The number of amides is 1. The molecule has 3 aromatic rings. The van der Waals surface area contributed by atoms with Crippen LogP contribution in [0.3, 0.4) is 0 Å². The van der Waals surface area contributed by atoms with Crippen LogP contribution in [0.15, 0.2) is 30.6 Å². The number of piperazine rings is 1. The molecule has 184 valence electrons. The van der Waals surface area contributed by atoms with Gasteiger partial charge in [-0.25, -0.2) is 9.97 Å². The van der Waals surface area contributed by atoms with Crippen molar-refractivity contribution < 1.29 is 4.79 Å². The summed E-state index contributed by atoms with van der Waals surface area (Å²) in [5.41, 5.74) is 2.58. The average molecular weight is 475 g/mol. The summed E-state index contributed by atoms with van der Waals surface area (Å²) in [5.74, 6) is 1.18. The predicted octanol–water partition coefficient (Wildman–Crippen LogP) is 3.50. The van der Waals surface area contributed by atoms with Crippen molar-refractivity contribution in [3.05, 3.63) is 36.3 Å². The van der Waals surface area contributed by atoms with Crippen LogP contribution in [0.1, 0.15) is 56.4 Å². The molecule has 2 aliphatic heterocycles. The van der Waals surface area contributed by atoms with E-state index in [1.807, 2.05) is 18.3 Å². The summed E-state index contributed by atoms with van der Waals surface area (Å²) in [6, 6.07) is 6.57. The van der Waals surface area contributed by atoms with Crippen LogP contribution in [0.25, 0.3) is 11.0 Å². The molecular weight excluding hydrogens is 440 g/mol. The lowest BCUT2D eigenvalue weighted by atomic mass is 9.94. The van der Waals surface area contributed by atoms with E-state index < -0.39 is 0 Å². The van der Waals surface area contributed by atoms with Crippen molar-refractivity contribution >= 4 is 34.4 Å². The number of aromatic nitrogens is 4. The standard InChI is InChI=1S/C26H34N8O/c1-3-10-32-11-12-33(16-18(32)2)20-6-7-22(27-15-20)30-25-28-14-19-13-21-24(35)29-17-26(8-4-5-9-26)34(21)23(19)31-25/h6-7,13-15,18H,3-5,8-12,16-17H2,1-2H3,(H,29,35)(H,27,28,30,31)/t18-/m0/s1. The lowest BCUT2D eigenvalue weighted by Gasteiger charge is -2.40. The van der Waals surface area contributed by atoms with E-state index in [1.54, 1.807) is 6.20 Å². The SMILES string of the molecule is CCCN1CCN(c2ccc(Nc3ncc4cc5n(c4n3)C3(CCCC3)CNC5=O)nc2)C[C@@H]1C. The van der Waals surface area contributed by atoms with Crippen molar-refractivity contribution in [2.45, 2.75) is 57.5 Å². The van der Waals surface area contributed by atoms with Crippen LogP contribution in [0, 0.1) is 0 Å². The zero-order chi connectivity index (χ0) is 24.0. The minimum Gasteiger partial charge on any atom is -0.367 e.